The summed E-state index contributed by atoms with van der Waals surface area (Å²) in [5, 5.41) is 7.01. The third kappa shape index (κ3) is 4.34. The van der Waals surface area contributed by atoms with Crippen molar-refractivity contribution in [2.24, 2.45) is 5.10 Å². The van der Waals surface area contributed by atoms with E-state index < -0.39 is 0 Å². The summed E-state index contributed by atoms with van der Waals surface area (Å²) in [6.07, 6.45) is 5.20. The van der Waals surface area contributed by atoms with Crippen LogP contribution < -0.4 is 5.43 Å². The van der Waals surface area contributed by atoms with Crippen LogP contribution in [0.5, 0.6) is 0 Å². The van der Waals surface area contributed by atoms with Gasteiger partial charge in [0, 0.05) is 11.6 Å². The van der Waals surface area contributed by atoms with E-state index in [9.17, 15) is 4.79 Å². The van der Waals surface area contributed by atoms with Gasteiger partial charge in [-0.3, -0.25) is 4.79 Å². The number of allylic oxidation sites excluding steroid dienone is 1. The molecule has 0 atom stereocenters. The predicted molar refractivity (Wildman–Crippen MR) is 105 cm³/mol. The van der Waals surface area contributed by atoms with Crippen molar-refractivity contribution in [2.75, 3.05) is 0 Å². The average molecular weight is 541 g/mol. The number of amides is 1. The van der Waals surface area contributed by atoms with Crippen LogP contribution in [-0.2, 0) is 27.7 Å². The molecule has 1 heterocycles. The van der Waals surface area contributed by atoms with E-state index >= 15 is 0 Å². The van der Waals surface area contributed by atoms with Crippen molar-refractivity contribution in [2.45, 2.75) is 0 Å². The normalized spacial score (nSPS) is 11.3. The van der Waals surface area contributed by atoms with Gasteiger partial charge < -0.3 is 4.42 Å². The number of fused-ring (bicyclic) bond motifs is 3. The Bertz CT molecular complexity index is 1130. The van der Waals surface area contributed by atoms with Crippen molar-refractivity contribution < 1.29 is 36.9 Å². The summed E-state index contributed by atoms with van der Waals surface area (Å²) < 4.78 is 5.66. The summed E-state index contributed by atoms with van der Waals surface area (Å²) in [7, 11) is 0. The summed E-state index contributed by atoms with van der Waals surface area (Å²) in [4.78, 5) is 12.2. The zero-order valence-electron chi connectivity index (χ0n) is 14.6. The van der Waals surface area contributed by atoms with E-state index in [1.54, 1.807) is 12.1 Å². The molecule has 0 radical (unpaired) electrons. The maximum Gasteiger partial charge on any atom is 2.00 e. The molecule has 0 aliphatic heterocycles. The first-order valence-electron chi connectivity index (χ1n) is 8.28. The van der Waals surface area contributed by atoms with Crippen LogP contribution in [0.3, 0.4) is 0 Å². The van der Waals surface area contributed by atoms with E-state index in [0.29, 0.717) is 5.58 Å². The molecule has 1 amide bonds. The maximum atomic E-state index is 12.2. The molecule has 1 N–H and O–H groups in total. The molecule has 4 aromatic rings. The van der Waals surface area contributed by atoms with Gasteiger partial charge in [-0.1, -0.05) is 66.7 Å². The van der Waals surface area contributed by atoms with Crippen LogP contribution in [0.2, 0.25) is 0 Å². The Hall–Kier alpha value is -2.72. The molecular weight excluding hydrogens is 525 g/mol. The smallest absolute Gasteiger partial charge is 0.451 e. The maximum absolute atomic E-state index is 12.2. The van der Waals surface area contributed by atoms with Gasteiger partial charge in [0.05, 0.1) is 0 Å². The molecule has 0 aliphatic carbocycles. The van der Waals surface area contributed by atoms with Gasteiger partial charge in [0.25, 0.3) is 0 Å². The molecule has 27 heavy (non-hydrogen) atoms. The number of benzene rings is 3. The van der Waals surface area contributed by atoms with Gasteiger partial charge in [-0.25, -0.2) is 5.43 Å². The molecule has 0 fully saturated rings. The number of nitrogens with one attached hydrogen (secondary N) is 1. The molecule has 0 unspecified atom stereocenters. The van der Waals surface area contributed by atoms with Crippen molar-refractivity contribution in [1.82, 2.24) is 5.43 Å². The van der Waals surface area contributed by atoms with Crippen molar-refractivity contribution in [3.05, 3.63) is 90.2 Å². The molecule has 0 spiro atoms. The van der Waals surface area contributed by atoms with Gasteiger partial charge in [0.1, 0.15) is 5.58 Å². The molecule has 0 saturated heterocycles. The van der Waals surface area contributed by atoms with Gasteiger partial charge in [-0.15, -0.1) is 0 Å². The summed E-state index contributed by atoms with van der Waals surface area (Å²) >= 11 is 0. The summed E-state index contributed by atoms with van der Waals surface area (Å²) in [5.74, 6) is -0.143. The van der Waals surface area contributed by atoms with Crippen molar-refractivity contribution in [3.8, 4) is 0 Å². The first-order valence-corrected chi connectivity index (χ1v) is 8.28. The zero-order chi connectivity index (χ0) is 17.8. The molecule has 4 nitrogen and oxygen atoms in total. The van der Waals surface area contributed by atoms with Gasteiger partial charge in [-0.2, -0.15) is 5.10 Å². The first kappa shape index (κ1) is 19.0. The SMILES string of the molecule is O=C(N/N=C/C=C/c1ccccc1)c1cc2c(ccc3ccccc32)o1.[Hg+2]. The fraction of sp³-hybridized carbons (Fsp3) is 0. The standard InChI is InChI=1S/C22H16N2O2.Hg/c25-22(24-23-14-6-9-16-7-2-1-3-8-16)21-15-19-18-11-5-4-10-17(18)12-13-20(19)26-21;/h1-15H,(H,24,25);/q;+2/b9-6+,23-14+;. The number of carbonyl (C=O) groups is 1. The van der Waals surface area contributed by atoms with Crippen molar-refractivity contribution in [1.29, 1.82) is 0 Å². The van der Waals surface area contributed by atoms with Crippen LogP contribution in [0.4, 0.5) is 0 Å². The second-order valence-corrected chi connectivity index (χ2v) is 5.80. The topological polar surface area (TPSA) is 54.6 Å². The van der Waals surface area contributed by atoms with Crippen LogP contribution in [-0.4, -0.2) is 12.1 Å². The molecule has 0 aliphatic rings. The monoisotopic (exact) mass is 542 g/mol. The van der Waals surface area contributed by atoms with E-state index in [1.165, 1.54) is 6.21 Å². The van der Waals surface area contributed by atoms with Crippen LogP contribution >= 0.6 is 0 Å². The molecule has 126 valence electrons. The van der Waals surface area contributed by atoms with Crippen LogP contribution in [0, 0.1) is 0 Å². The summed E-state index contributed by atoms with van der Waals surface area (Å²) in [6.45, 7) is 0. The number of hydrazone groups is 1. The van der Waals surface area contributed by atoms with Crippen LogP contribution in [0.25, 0.3) is 27.8 Å². The Morgan fingerprint density at radius 3 is 2.56 bits per heavy atom. The largest absolute Gasteiger partial charge is 2.00 e. The molecule has 0 saturated carbocycles. The first-order chi connectivity index (χ1) is 12.8. The molecule has 0 bridgehead atoms. The summed E-state index contributed by atoms with van der Waals surface area (Å²) in [6, 6.07) is 23.5. The fourth-order valence-electron chi connectivity index (χ4n) is 2.82. The summed E-state index contributed by atoms with van der Waals surface area (Å²) in [5.41, 5.74) is 4.23. The number of hydrogen-bond donors (Lipinski definition) is 1. The third-order valence-corrected chi connectivity index (χ3v) is 4.06. The molecule has 1 aromatic heterocycles. The van der Waals surface area contributed by atoms with Crippen molar-refractivity contribution in [3.63, 3.8) is 0 Å². The Kier molecular flexibility index (Phi) is 6.19. The Balaban J connectivity index is 0.00000210. The van der Waals surface area contributed by atoms with Gasteiger partial charge >= 0.3 is 33.6 Å². The Labute approximate surface area is 177 Å². The second kappa shape index (κ2) is 8.78. The van der Waals surface area contributed by atoms with E-state index in [0.717, 1.165) is 21.7 Å². The number of nitrogens with zero attached hydrogens (tertiary/aromatic N) is 1. The second-order valence-electron chi connectivity index (χ2n) is 5.80. The fourth-order valence-corrected chi connectivity index (χ4v) is 2.82. The van der Waals surface area contributed by atoms with Crippen molar-refractivity contribution >= 4 is 39.9 Å². The Morgan fingerprint density at radius 1 is 0.926 bits per heavy atom. The predicted octanol–water partition coefficient (Wildman–Crippen LogP) is 5.01. The Morgan fingerprint density at radius 2 is 1.70 bits per heavy atom. The van der Waals surface area contributed by atoms with Gasteiger partial charge in [-0.05, 0) is 34.5 Å². The van der Waals surface area contributed by atoms with E-state index in [1.807, 2.05) is 72.8 Å². The minimum atomic E-state index is -0.380. The molecule has 3 aromatic carbocycles. The van der Waals surface area contributed by atoms with Gasteiger partial charge in [0.2, 0.25) is 0 Å². The molecule has 4 rings (SSSR count). The average Bonchev–Trinajstić information content (AvgIpc) is 3.13. The number of carbonyl (C=O) groups excluding carboxylic acids is 1. The molecular formula is C22H16HgN2O2+2. The number of hydrogen-bond acceptors (Lipinski definition) is 3. The third-order valence-electron chi connectivity index (χ3n) is 4.06. The minimum Gasteiger partial charge on any atom is -0.451 e. The number of rotatable bonds is 4. The van der Waals surface area contributed by atoms with Gasteiger partial charge in [0.15, 0.2) is 5.76 Å². The zero-order valence-corrected chi connectivity index (χ0v) is 20.1. The van der Waals surface area contributed by atoms with Crippen LogP contribution in [0.15, 0.2) is 88.4 Å². The van der Waals surface area contributed by atoms with Crippen LogP contribution in [0.1, 0.15) is 16.1 Å². The quantitative estimate of drug-likeness (QED) is 0.225. The minimum absolute atomic E-state index is 0. The van der Waals surface area contributed by atoms with E-state index in [2.05, 4.69) is 10.5 Å². The van der Waals surface area contributed by atoms with E-state index in [4.69, 9.17) is 4.42 Å². The molecule has 5 heteroatoms. The number of furan rings is 1. The van der Waals surface area contributed by atoms with E-state index in [-0.39, 0.29) is 39.3 Å².